The van der Waals surface area contributed by atoms with Crippen LogP contribution in [-0.4, -0.2) is 37.2 Å². The number of rotatable bonds is 4. The summed E-state index contributed by atoms with van der Waals surface area (Å²) in [7, 11) is 0. The number of morpholine rings is 1. The summed E-state index contributed by atoms with van der Waals surface area (Å²) in [6, 6.07) is 9.92. The van der Waals surface area contributed by atoms with Crippen LogP contribution < -0.4 is 10.2 Å². The molecule has 0 atom stereocenters. The van der Waals surface area contributed by atoms with Crippen LogP contribution in [-0.2, 0) is 16.0 Å². The van der Waals surface area contributed by atoms with Gasteiger partial charge in [-0.3, -0.25) is 4.79 Å². The van der Waals surface area contributed by atoms with E-state index in [2.05, 4.69) is 15.2 Å². The number of nitrogens with zero attached hydrogens (tertiary/aromatic N) is 2. The average molecular weight is 315 g/mol. The van der Waals surface area contributed by atoms with Crippen LogP contribution >= 0.6 is 0 Å². The molecule has 0 spiro atoms. The van der Waals surface area contributed by atoms with E-state index in [0.29, 0.717) is 24.6 Å². The van der Waals surface area contributed by atoms with Crippen molar-refractivity contribution >= 4 is 17.4 Å². The van der Waals surface area contributed by atoms with Crippen molar-refractivity contribution in [1.29, 1.82) is 0 Å². The molecule has 0 unspecified atom stereocenters. The number of benzene rings is 1. The first-order valence-electron chi connectivity index (χ1n) is 7.54. The number of hydrogen-bond donors (Lipinski definition) is 1. The zero-order valence-electron chi connectivity index (χ0n) is 12.7. The van der Waals surface area contributed by atoms with Crippen LogP contribution in [0.4, 0.5) is 15.9 Å². The van der Waals surface area contributed by atoms with E-state index in [0.717, 1.165) is 18.8 Å². The lowest BCUT2D eigenvalue weighted by atomic mass is 10.1. The molecule has 0 saturated carbocycles. The van der Waals surface area contributed by atoms with Crippen molar-refractivity contribution in [2.24, 2.45) is 0 Å². The number of carbonyl (C=O) groups excluding carboxylic acids is 1. The molecule has 0 radical (unpaired) electrons. The maximum atomic E-state index is 13.5. The van der Waals surface area contributed by atoms with Crippen molar-refractivity contribution in [3.8, 4) is 0 Å². The molecule has 2 aromatic rings. The number of hydrogen-bond acceptors (Lipinski definition) is 4. The molecule has 5 nitrogen and oxygen atoms in total. The second kappa shape index (κ2) is 7.19. The Bertz CT molecular complexity index is 670. The lowest BCUT2D eigenvalue weighted by Crippen LogP contribution is -2.36. The second-order valence-electron chi connectivity index (χ2n) is 5.32. The molecule has 1 aromatic carbocycles. The third-order valence-corrected chi connectivity index (χ3v) is 3.70. The SMILES string of the molecule is O=C(Cc1ccccc1F)Nc1ccc(N2CCOCC2)cn1. The first-order valence-corrected chi connectivity index (χ1v) is 7.54. The number of amides is 1. The maximum Gasteiger partial charge on any atom is 0.230 e. The fourth-order valence-electron chi connectivity index (χ4n) is 2.47. The molecule has 120 valence electrons. The number of halogens is 1. The summed E-state index contributed by atoms with van der Waals surface area (Å²) in [6.45, 7) is 3.09. The fourth-order valence-corrected chi connectivity index (χ4v) is 2.47. The molecule has 3 rings (SSSR count). The van der Waals surface area contributed by atoms with Crippen molar-refractivity contribution < 1.29 is 13.9 Å². The molecular weight excluding hydrogens is 297 g/mol. The van der Waals surface area contributed by atoms with Crippen LogP contribution in [0.3, 0.4) is 0 Å². The molecule has 1 aliphatic heterocycles. The summed E-state index contributed by atoms with van der Waals surface area (Å²) in [6.07, 6.45) is 1.71. The second-order valence-corrected chi connectivity index (χ2v) is 5.32. The molecule has 1 aromatic heterocycles. The predicted octanol–water partition coefficient (Wildman–Crippen LogP) is 2.24. The Hall–Kier alpha value is -2.47. The Kier molecular flexibility index (Phi) is 4.83. The summed E-state index contributed by atoms with van der Waals surface area (Å²) in [5.74, 6) is -0.205. The van der Waals surface area contributed by atoms with Crippen molar-refractivity contribution in [3.05, 3.63) is 54.0 Å². The van der Waals surface area contributed by atoms with Crippen LogP contribution in [0, 0.1) is 5.82 Å². The Morgan fingerprint density at radius 1 is 1.22 bits per heavy atom. The molecule has 6 heteroatoms. The number of anilines is 2. The highest BCUT2D eigenvalue weighted by Crippen LogP contribution is 2.16. The van der Waals surface area contributed by atoms with Gasteiger partial charge in [-0.25, -0.2) is 9.37 Å². The van der Waals surface area contributed by atoms with E-state index in [1.54, 1.807) is 30.5 Å². The van der Waals surface area contributed by atoms with Crippen LogP contribution in [0.15, 0.2) is 42.6 Å². The van der Waals surface area contributed by atoms with E-state index >= 15 is 0 Å². The molecule has 2 heterocycles. The van der Waals surface area contributed by atoms with Gasteiger partial charge in [-0.15, -0.1) is 0 Å². The summed E-state index contributed by atoms with van der Waals surface area (Å²) < 4.78 is 18.9. The van der Waals surface area contributed by atoms with Gasteiger partial charge >= 0.3 is 0 Å². The Labute approximate surface area is 134 Å². The topological polar surface area (TPSA) is 54.5 Å². The quantitative estimate of drug-likeness (QED) is 0.940. The normalized spacial score (nSPS) is 14.6. The zero-order chi connectivity index (χ0) is 16.1. The smallest absolute Gasteiger partial charge is 0.230 e. The van der Waals surface area contributed by atoms with E-state index in [1.807, 2.05) is 6.07 Å². The molecular formula is C17H18FN3O2. The molecule has 0 aliphatic carbocycles. The monoisotopic (exact) mass is 315 g/mol. The first kappa shape index (κ1) is 15.4. The highest BCUT2D eigenvalue weighted by Gasteiger charge is 2.12. The average Bonchev–Trinajstić information content (AvgIpc) is 2.58. The van der Waals surface area contributed by atoms with E-state index in [1.165, 1.54) is 6.07 Å². The maximum absolute atomic E-state index is 13.5. The Balaban J connectivity index is 1.59. The van der Waals surface area contributed by atoms with Crippen molar-refractivity contribution in [1.82, 2.24) is 4.98 Å². The summed E-state index contributed by atoms with van der Waals surface area (Å²) in [4.78, 5) is 18.4. The number of pyridine rings is 1. The highest BCUT2D eigenvalue weighted by atomic mass is 19.1. The summed E-state index contributed by atoms with van der Waals surface area (Å²) >= 11 is 0. The molecule has 23 heavy (non-hydrogen) atoms. The largest absolute Gasteiger partial charge is 0.378 e. The van der Waals surface area contributed by atoms with Crippen molar-refractivity contribution in [2.45, 2.75) is 6.42 Å². The van der Waals surface area contributed by atoms with Gasteiger partial charge in [-0.2, -0.15) is 0 Å². The molecule has 1 saturated heterocycles. The third-order valence-electron chi connectivity index (χ3n) is 3.70. The van der Waals surface area contributed by atoms with E-state index in [4.69, 9.17) is 4.74 Å². The summed E-state index contributed by atoms with van der Waals surface area (Å²) in [5.41, 5.74) is 1.37. The zero-order valence-corrected chi connectivity index (χ0v) is 12.7. The number of carbonyl (C=O) groups is 1. The van der Waals surface area contributed by atoms with Crippen LogP contribution in [0.2, 0.25) is 0 Å². The van der Waals surface area contributed by atoms with Crippen LogP contribution in [0.25, 0.3) is 0 Å². The van der Waals surface area contributed by atoms with Gasteiger partial charge in [-0.05, 0) is 23.8 Å². The fraction of sp³-hybridized carbons (Fsp3) is 0.294. The van der Waals surface area contributed by atoms with Gasteiger partial charge in [0.1, 0.15) is 11.6 Å². The number of ether oxygens (including phenoxy) is 1. The molecule has 1 aliphatic rings. The van der Waals surface area contributed by atoms with Crippen LogP contribution in [0.5, 0.6) is 0 Å². The lowest BCUT2D eigenvalue weighted by Gasteiger charge is -2.28. The standard InChI is InChI=1S/C17H18FN3O2/c18-15-4-2-1-3-13(15)11-17(22)20-16-6-5-14(12-19-16)21-7-9-23-10-8-21/h1-6,12H,7-11H2,(H,19,20,22). The van der Waals surface area contributed by atoms with E-state index in [9.17, 15) is 9.18 Å². The van der Waals surface area contributed by atoms with Crippen molar-refractivity contribution in [2.75, 3.05) is 36.5 Å². The van der Waals surface area contributed by atoms with Gasteiger partial charge in [0.05, 0.1) is 31.5 Å². The van der Waals surface area contributed by atoms with Crippen LogP contribution in [0.1, 0.15) is 5.56 Å². The van der Waals surface area contributed by atoms with Gasteiger partial charge < -0.3 is 15.0 Å². The number of aromatic nitrogens is 1. The van der Waals surface area contributed by atoms with E-state index in [-0.39, 0.29) is 18.1 Å². The minimum atomic E-state index is -0.377. The molecule has 1 amide bonds. The van der Waals surface area contributed by atoms with Gasteiger partial charge in [0.15, 0.2) is 0 Å². The molecule has 1 fully saturated rings. The third kappa shape index (κ3) is 4.04. The minimum absolute atomic E-state index is 0.0143. The predicted molar refractivity (Wildman–Crippen MR) is 86.0 cm³/mol. The Morgan fingerprint density at radius 3 is 2.70 bits per heavy atom. The van der Waals surface area contributed by atoms with Gasteiger partial charge in [0.2, 0.25) is 5.91 Å². The summed E-state index contributed by atoms with van der Waals surface area (Å²) in [5, 5.41) is 2.69. The highest BCUT2D eigenvalue weighted by molar-refractivity contribution is 5.91. The van der Waals surface area contributed by atoms with E-state index < -0.39 is 0 Å². The lowest BCUT2D eigenvalue weighted by molar-refractivity contribution is -0.115. The Morgan fingerprint density at radius 2 is 2.00 bits per heavy atom. The molecule has 1 N–H and O–H groups in total. The molecule has 0 bridgehead atoms. The van der Waals surface area contributed by atoms with Gasteiger partial charge in [0, 0.05) is 13.1 Å². The van der Waals surface area contributed by atoms with Gasteiger partial charge in [-0.1, -0.05) is 18.2 Å². The van der Waals surface area contributed by atoms with Crippen molar-refractivity contribution in [3.63, 3.8) is 0 Å². The van der Waals surface area contributed by atoms with Gasteiger partial charge in [0.25, 0.3) is 0 Å². The number of nitrogens with one attached hydrogen (secondary N) is 1. The minimum Gasteiger partial charge on any atom is -0.378 e. The first-order chi connectivity index (χ1) is 11.2.